The molecule has 1 amide bonds. The lowest BCUT2D eigenvalue weighted by molar-refractivity contribution is 0.102. The first-order chi connectivity index (χ1) is 12.0. The summed E-state index contributed by atoms with van der Waals surface area (Å²) >= 11 is 3.44. The molecule has 2 aromatic carbocycles. The first-order valence-electron chi connectivity index (χ1n) is 7.74. The summed E-state index contributed by atoms with van der Waals surface area (Å²) < 4.78 is 1.02. The summed E-state index contributed by atoms with van der Waals surface area (Å²) in [7, 11) is 0. The molecule has 5 nitrogen and oxygen atoms in total. The van der Waals surface area contributed by atoms with Gasteiger partial charge in [-0.1, -0.05) is 28.1 Å². The highest BCUT2D eigenvalue weighted by atomic mass is 79.9. The van der Waals surface area contributed by atoms with Crippen LogP contribution in [0.5, 0.6) is 0 Å². The standard InChI is InChI=1S/C19H17BrN4O/c1-12-4-3-5-15(8-12)23-19(25)17-10-22-18(11-21-17)24-16-7-6-14(20)9-13(16)2/h3-11H,1-2H3,(H,22,24)(H,23,25). The topological polar surface area (TPSA) is 66.9 Å². The van der Waals surface area contributed by atoms with E-state index >= 15 is 0 Å². The van der Waals surface area contributed by atoms with Gasteiger partial charge < -0.3 is 10.6 Å². The van der Waals surface area contributed by atoms with E-state index in [0.717, 1.165) is 27.0 Å². The lowest BCUT2D eigenvalue weighted by Crippen LogP contribution is -2.14. The van der Waals surface area contributed by atoms with Gasteiger partial charge in [0.25, 0.3) is 5.91 Å². The molecule has 2 N–H and O–H groups in total. The molecule has 0 spiro atoms. The third kappa shape index (κ3) is 4.42. The Kier molecular flexibility index (Phi) is 5.09. The molecule has 126 valence electrons. The van der Waals surface area contributed by atoms with E-state index in [1.165, 1.54) is 6.20 Å². The largest absolute Gasteiger partial charge is 0.339 e. The molecular formula is C19H17BrN4O. The zero-order chi connectivity index (χ0) is 17.8. The quantitative estimate of drug-likeness (QED) is 0.661. The molecule has 0 bridgehead atoms. The number of hydrogen-bond acceptors (Lipinski definition) is 4. The molecule has 0 aliphatic rings. The predicted molar refractivity (Wildman–Crippen MR) is 103 cm³/mol. The van der Waals surface area contributed by atoms with Crippen LogP contribution in [0, 0.1) is 13.8 Å². The van der Waals surface area contributed by atoms with Crippen molar-refractivity contribution in [3.05, 3.63) is 76.2 Å². The van der Waals surface area contributed by atoms with Gasteiger partial charge >= 0.3 is 0 Å². The summed E-state index contributed by atoms with van der Waals surface area (Å²) in [5, 5.41) is 6.01. The van der Waals surface area contributed by atoms with Gasteiger partial charge in [-0.15, -0.1) is 0 Å². The number of nitrogens with zero attached hydrogens (tertiary/aromatic N) is 2. The number of halogens is 1. The number of benzene rings is 2. The Hall–Kier alpha value is -2.73. The van der Waals surface area contributed by atoms with Crippen molar-refractivity contribution in [1.29, 1.82) is 0 Å². The molecule has 6 heteroatoms. The number of carbonyl (C=O) groups excluding carboxylic acids is 1. The van der Waals surface area contributed by atoms with Gasteiger partial charge in [0.2, 0.25) is 0 Å². The number of rotatable bonds is 4. The summed E-state index contributed by atoms with van der Waals surface area (Å²) in [6.07, 6.45) is 3.01. The van der Waals surface area contributed by atoms with E-state index in [-0.39, 0.29) is 11.6 Å². The number of hydrogen-bond donors (Lipinski definition) is 2. The zero-order valence-electron chi connectivity index (χ0n) is 13.9. The van der Waals surface area contributed by atoms with E-state index in [1.807, 2.05) is 56.3 Å². The van der Waals surface area contributed by atoms with E-state index in [9.17, 15) is 4.79 Å². The van der Waals surface area contributed by atoms with Crippen molar-refractivity contribution in [2.75, 3.05) is 10.6 Å². The highest BCUT2D eigenvalue weighted by molar-refractivity contribution is 9.10. The van der Waals surface area contributed by atoms with E-state index in [0.29, 0.717) is 5.82 Å². The molecule has 0 atom stereocenters. The third-order valence-electron chi connectivity index (χ3n) is 3.61. The minimum atomic E-state index is -0.288. The smallest absolute Gasteiger partial charge is 0.275 e. The van der Waals surface area contributed by atoms with E-state index in [4.69, 9.17) is 0 Å². The maximum absolute atomic E-state index is 12.2. The molecular weight excluding hydrogens is 380 g/mol. The molecule has 0 unspecified atom stereocenters. The van der Waals surface area contributed by atoms with Crippen LogP contribution in [0.25, 0.3) is 0 Å². The number of aryl methyl sites for hydroxylation is 2. The molecule has 0 aliphatic heterocycles. The van der Waals surface area contributed by atoms with Gasteiger partial charge in [0.05, 0.1) is 12.4 Å². The molecule has 3 rings (SSSR count). The fourth-order valence-electron chi connectivity index (χ4n) is 2.33. The summed E-state index contributed by atoms with van der Waals surface area (Å²) in [6, 6.07) is 13.5. The Morgan fingerprint density at radius 2 is 1.88 bits per heavy atom. The Bertz CT molecular complexity index is 910. The van der Waals surface area contributed by atoms with E-state index in [1.54, 1.807) is 6.20 Å². The minimum Gasteiger partial charge on any atom is -0.339 e. The van der Waals surface area contributed by atoms with Gasteiger partial charge in [-0.2, -0.15) is 0 Å². The molecule has 0 saturated heterocycles. The Morgan fingerprint density at radius 1 is 1.04 bits per heavy atom. The SMILES string of the molecule is Cc1cccc(NC(=O)c2cnc(Nc3ccc(Br)cc3C)cn2)c1. The maximum atomic E-state index is 12.2. The average Bonchev–Trinajstić information content (AvgIpc) is 2.58. The van der Waals surface area contributed by atoms with Gasteiger partial charge in [0.1, 0.15) is 11.5 Å². The normalized spacial score (nSPS) is 10.4. The number of nitrogens with one attached hydrogen (secondary N) is 2. The summed E-state index contributed by atoms with van der Waals surface area (Å²) in [4.78, 5) is 20.7. The summed E-state index contributed by atoms with van der Waals surface area (Å²) in [5.41, 5.74) is 4.10. The van der Waals surface area contributed by atoms with Crippen LogP contribution in [0.4, 0.5) is 17.2 Å². The fraction of sp³-hybridized carbons (Fsp3) is 0.105. The third-order valence-corrected chi connectivity index (χ3v) is 4.10. The van der Waals surface area contributed by atoms with Crippen molar-refractivity contribution in [3.63, 3.8) is 0 Å². The van der Waals surface area contributed by atoms with Crippen LogP contribution in [0.2, 0.25) is 0 Å². The molecule has 0 fully saturated rings. The van der Waals surface area contributed by atoms with Crippen LogP contribution in [-0.4, -0.2) is 15.9 Å². The van der Waals surface area contributed by atoms with E-state index < -0.39 is 0 Å². The molecule has 25 heavy (non-hydrogen) atoms. The molecule has 0 saturated carbocycles. The van der Waals surface area contributed by atoms with Crippen molar-refractivity contribution < 1.29 is 4.79 Å². The minimum absolute atomic E-state index is 0.264. The van der Waals surface area contributed by atoms with Crippen LogP contribution >= 0.6 is 15.9 Å². The Labute approximate surface area is 154 Å². The molecule has 1 aromatic heterocycles. The van der Waals surface area contributed by atoms with Crippen molar-refractivity contribution in [2.24, 2.45) is 0 Å². The van der Waals surface area contributed by atoms with Gasteiger partial charge in [-0.25, -0.2) is 9.97 Å². The van der Waals surface area contributed by atoms with Crippen LogP contribution in [0.3, 0.4) is 0 Å². The second-order valence-electron chi connectivity index (χ2n) is 5.69. The first-order valence-corrected chi connectivity index (χ1v) is 8.54. The van der Waals surface area contributed by atoms with Crippen molar-refractivity contribution >= 4 is 39.0 Å². The van der Waals surface area contributed by atoms with Gasteiger partial charge in [-0.3, -0.25) is 4.79 Å². The molecule has 1 heterocycles. The highest BCUT2D eigenvalue weighted by Crippen LogP contribution is 2.22. The number of anilines is 3. The monoisotopic (exact) mass is 396 g/mol. The average molecular weight is 397 g/mol. The van der Waals surface area contributed by atoms with Crippen LogP contribution in [-0.2, 0) is 0 Å². The Morgan fingerprint density at radius 3 is 2.56 bits per heavy atom. The Balaban J connectivity index is 1.70. The van der Waals surface area contributed by atoms with Crippen LogP contribution in [0.1, 0.15) is 21.6 Å². The molecule has 3 aromatic rings. The van der Waals surface area contributed by atoms with Crippen molar-refractivity contribution in [2.45, 2.75) is 13.8 Å². The van der Waals surface area contributed by atoms with Crippen LogP contribution < -0.4 is 10.6 Å². The molecule has 0 radical (unpaired) electrons. The first kappa shape index (κ1) is 17.1. The zero-order valence-corrected chi connectivity index (χ0v) is 15.5. The summed E-state index contributed by atoms with van der Waals surface area (Å²) in [6.45, 7) is 3.98. The lowest BCUT2D eigenvalue weighted by atomic mass is 10.2. The van der Waals surface area contributed by atoms with Gasteiger partial charge in [0, 0.05) is 15.8 Å². The highest BCUT2D eigenvalue weighted by Gasteiger charge is 2.09. The van der Waals surface area contributed by atoms with Gasteiger partial charge in [-0.05, 0) is 55.3 Å². The predicted octanol–water partition coefficient (Wildman–Crippen LogP) is 4.85. The number of aromatic nitrogens is 2. The second kappa shape index (κ2) is 7.44. The van der Waals surface area contributed by atoms with Crippen molar-refractivity contribution in [3.8, 4) is 0 Å². The number of amides is 1. The maximum Gasteiger partial charge on any atom is 0.275 e. The van der Waals surface area contributed by atoms with Crippen molar-refractivity contribution in [1.82, 2.24) is 9.97 Å². The second-order valence-corrected chi connectivity index (χ2v) is 6.61. The van der Waals surface area contributed by atoms with E-state index in [2.05, 4.69) is 36.5 Å². The number of carbonyl (C=O) groups is 1. The fourth-order valence-corrected chi connectivity index (χ4v) is 2.81. The molecule has 0 aliphatic carbocycles. The van der Waals surface area contributed by atoms with Crippen LogP contribution in [0.15, 0.2) is 59.3 Å². The van der Waals surface area contributed by atoms with Gasteiger partial charge in [0.15, 0.2) is 0 Å². The lowest BCUT2D eigenvalue weighted by Gasteiger charge is -2.09. The summed E-state index contributed by atoms with van der Waals surface area (Å²) in [5.74, 6) is 0.294.